The average Bonchev–Trinajstić information content (AvgIpc) is 2.86. The first-order chi connectivity index (χ1) is 11.9. The lowest BCUT2D eigenvalue weighted by atomic mass is 10.1. The number of rotatable bonds is 1. The zero-order valence-corrected chi connectivity index (χ0v) is 14.6. The van der Waals surface area contributed by atoms with Crippen LogP contribution in [0.3, 0.4) is 0 Å². The molecule has 1 N–H and O–H groups in total. The van der Waals surface area contributed by atoms with Crippen molar-refractivity contribution < 1.29 is 36.2 Å². The number of nitrogens with zero attached hydrogens (tertiary/aromatic N) is 2. The van der Waals surface area contributed by atoms with Crippen LogP contribution in [0.5, 0.6) is 0 Å². The topological polar surface area (TPSA) is 88.8 Å². The predicted octanol–water partition coefficient (Wildman–Crippen LogP) is 2.23. The highest BCUT2D eigenvalue weighted by Crippen LogP contribution is 2.42. The van der Waals surface area contributed by atoms with E-state index in [2.05, 4.69) is 4.74 Å². The van der Waals surface area contributed by atoms with Gasteiger partial charge in [-0.15, -0.1) is 0 Å². The van der Waals surface area contributed by atoms with E-state index < -0.39 is 39.2 Å². The van der Waals surface area contributed by atoms with Crippen LogP contribution >= 0.6 is 0 Å². The molecular formula is C15H13F3N2O5S. The molecule has 3 rings (SSSR count). The normalized spacial score (nSPS) is 16.8. The summed E-state index contributed by atoms with van der Waals surface area (Å²) in [6.07, 6.45) is -4.62. The van der Waals surface area contributed by atoms with Crippen molar-refractivity contribution in [3.05, 3.63) is 35.2 Å². The second kappa shape index (κ2) is 5.40. The summed E-state index contributed by atoms with van der Waals surface area (Å²) in [7, 11) is -0.946. The number of benzene rings is 1. The van der Waals surface area contributed by atoms with Crippen molar-refractivity contribution in [3.8, 4) is 0 Å². The molecule has 0 bridgehead atoms. The number of aliphatic hydroxyl groups is 1. The number of hydrogen-bond donors (Lipinski definition) is 1. The standard InChI is InChI=1S/C15H13F3N2O5S/c1-19-9-6-7(15(16,17)18)4-5-8(9)13-10(19)12(21)11(14(22)25-3)20(2)26(13,23)24/h4-6,21H,1-3H3. The third kappa shape index (κ3) is 2.26. The van der Waals surface area contributed by atoms with Crippen molar-refractivity contribution in [2.24, 2.45) is 7.05 Å². The van der Waals surface area contributed by atoms with Crippen LogP contribution in [0.2, 0.25) is 0 Å². The zero-order chi connectivity index (χ0) is 19.6. The summed E-state index contributed by atoms with van der Waals surface area (Å²) in [4.78, 5) is 11.5. The highest BCUT2D eigenvalue weighted by Gasteiger charge is 2.42. The lowest BCUT2D eigenvalue weighted by molar-refractivity contribution is -0.138. The molecule has 0 aliphatic carbocycles. The van der Waals surface area contributed by atoms with Gasteiger partial charge in [-0.05, 0) is 12.1 Å². The Morgan fingerprint density at radius 3 is 2.38 bits per heavy atom. The molecule has 0 radical (unpaired) electrons. The number of aryl methyl sites for hydroxylation is 1. The molecule has 11 heteroatoms. The third-order valence-corrected chi connectivity index (χ3v) is 6.08. The van der Waals surface area contributed by atoms with Crippen molar-refractivity contribution in [2.75, 3.05) is 14.2 Å². The number of alkyl halides is 3. The largest absolute Gasteiger partial charge is 0.504 e. The highest BCUT2D eigenvalue weighted by atomic mass is 32.2. The monoisotopic (exact) mass is 390 g/mol. The minimum Gasteiger partial charge on any atom is -0.504 e. The van der Waals surface area contributed by atoms with Crippen molar-refractivity contribution in [3.63, 3.8) is 0 Å². The van der Waals surface area contributed by atoms with Gasteiger partial charge < -0.3 is 14.4 Å². The number of aliphatic hydroxyl groups excluding tert-OH is 1. The minimum absolute atomic E-state index is 0.00202. The number of carbonyl (C=O) groups is 1. The van der Waals surface area contributed by atoms with Gasteiger partial charge in [0.2, 0.25) is 0 Å². The van der Waals surface area contributed by atoms with Gasteiger partial charge in [-0.25, -0.2) is 13.2 Å². The fourth-order valence-corrected chi connectivity index (χ4v) is 4.55. The second-order valence-corrected chi connectivity index (χ2v) is 7.53. The third-order valence-electron chi connectivity index (χ3n) is 4.24. The molecule has 1 aliphatic rings. The number of aromatic nitrogens is 1. The molecule has 0 fully saturated rings. The van der Waals surface area contributed by atoms with E-state index in [1.165, 1.54) is 7.05 Å². The molecule has 1 aliphatic heterocycles. The molecule has 0 amide bonds. The summed E-state index contributed by atoms with van der Waals surface area (Å²) in [6.45, 7) is 0. The molecule has 0 saturated carbocycles. The number of fused-ring (bicyclic) bond motifs is 3. The highest BCUT2D eigenvalue weighted by molar-refractivity contribution is 7.89. The number of likely N-dealkylation sites (N-methyl/N-ethyl adjacent to an activating group) is 1. The van der Waals surface area contributed by atoms with E-state index in [1.807, 2.05) is 0 Å². The first kappa shape index (κ1) is 18.1. The Hall–Kier alpha value is -2.69. The molecule has 2 heterocycles. The molecular weight excluding hydrogens is 377 g/mol. The molecule has 2 aromatic rings. The Labute approximate surface area is 145 Å². The smallest absolute Gasteiger partial charge is 0.416 e. The van der Waals surface area contributed by atoms with Crippen LogP contribution in [0.1, 0.15) is 11.3 Å². The lowest BCUT2D eigenvalue weighted by Gasteiger charge is -2.26. The first-order valence-corrected chi connectivity index (χ1v) is 8.57. The second-order valence-electron chi connectivity index (χ2n) is 5.63. The Morgan fingerprint density at radius 2 is 1.85 bits per heavy atom. The van der Waals surface area contributed by atoms with Crippen molar-refractivity contribution in [2.45, 2.75) is 11.1 Å². The van der Waals surface area contributed by atoms with Crippen LogP contribution in [-0.2, 0) is 32.8 Å². The SMILES string of the molecule is COC(=O)C1=C(O)c2c(c3ccc(C(F)(F)F)cc3n2C)S(=O)(=O)N1C. The summed E-state index contributed by atoms with van der Waals surface area (Å²) in [5.74, 6) is -1.79. The molecule has 140 valence electrons. The summed E-state index contributed by atoms with van der Waals surface area (Å²) >= 11 is 0. The van der Waals surface area contributed by atoms with Crippen LogP contribution < -0.4 is 0 Å². The summed E-state index contributed by atoms with van der Waals surface area (Å²) in [6, 6.07) is 2.57. The van der Waals surface area contributed by atoms with Gasteiger partial charge in [0.1, 0.15) is 10.6 Å². The van der Waals surface area contributed by atoms with Crippen LogP contribution in [0.15, 0.2) is 28.8 Å². The fraction of sp³-hybridized carbons (Fsp3) is 0.267. The van der Waals surface area contributed by atoms with E-state index in [0.717, 1.165) is 36.9 Å². The summed E-state index contributed by atoms with van der Waals surface area (Å²) < 4.78 is 70.7. The molecule has 26 heavy (non-hydrogen) atoms. The molecule has 0 spiro atoms. The van der Waals surface area contributed by atoms with Crippen LogP contribution in [-0.4, -0.2) is 42.5 Å². The van der Waals surface area contributed by atoms with E-state index >= 15 is 0 Å². The van der Waals surface area contributed by atoms with Gasteiger partial charge in [0, 0.05) is 19.5 Å². The van der Waals surface area contributed by atoms with E-state index in [1.54, 1.807) is 0 Å². The Morgan fingerprint density at radius 1 is 1.23 bits per heavy atom. The predicted molar refractivity (Wildman–Crippen MR) is 84.4 cm³/mol. The zero-order valence-electron chi connectivity index (χ0n) is 13.7. The van der Waals surface area contributed by atoms with E-state index in [0.29, 0.717) is 4.31 Å². The number of hydrogen-bond acceptors (Lipinski definition) is 5. The molecule has 1 aromatic carbocycles. The van der Waals surface area contributed by atoms with E-state index in [-0.39, 0.29) is 21.5 Å². The Balaban J connectivity index is 2.47. The van der Waals surface area contributed by atoms with Crippen molar-refractivity contribution in [1.29, 1.82) is 0 Å². The van der Waals surface area contributed by atoms with Gasteiger partial charge in [0.25, 0.3) is 10.0 Å². The Bertz CT molecular complexity index is 1080. The summed E-state index contributed by atoms with van der Waals surface area (Å²) in [5, 5.41) is 10.5. The first-order valence-electron chi connectivity index (χ1n) is 7.13. The minimum atomic E-state index is -4.62. The molecule has 0 atom stereocenters. The average molecular weight is 390 g/mol. The molecule has 1 aromatic heterocycles. The van der Waals surface area contributed by atoms with Crippen molar-refractivity contribution >= 4 is 32.7 Å². The van der Waals surface area contributed by atoms with Gasteiger partial charge >= 0.3 is 12.1 Å². The summed E-state index contributed by atoms with van der Waals surface area (Å²) in [5.41, 5.74) is -1.93. The number of ether oxygens (including phenoxy) is 1. The van der Waals surface area contributed by atoms with Gasteiger partial charge in [-0.1, -0.05) is 6.07 Å². The number of sulfonamides is 1. The molecule has 0 unspecified atom stereocenters. The van der Waals surface area contributed by atoms with Gasteiger partial charge in [0.15, 0.2) is 11.5 Å². The van der Waals surface area contributed by atoms with E-state index in [4.69, 9.17) is 0 Å². The lowest BCUT2D eigenvalue weighted by Crippen LogP contribution is -2.35. The van der Waals surface area contributed by atoms with E-state index in [9.17, 15) is 31.5 Å². The number of carbonyl (C=O) groups excluding carboxylic acids is 1. The van der Waals surface area contributed by atoms with Crippen LogP contribution in [0.4, 0.5) is 13.2 Å². The quantitative estimate of drug-likeness (QED) is 0.755. The van der Waals surface area contributed by atoms with Gasteiger partial charge in [-0.2, -0.15) is 13.2 Å². The van der Waals surface area contributed by atoms with Gasteiger partial charge in [0.05, 0.1) is 18.2 Å². The number of halogens is 3. The van der Waals surface area contributed by atoms with Crippen LogP contribution in [0.25, 0.3) is 16.7 Å². The maximum Gasteiger partial charge on any atom is 0.416 e. The number of esters is 1. The fourth-order valence-electron chi connectivity index (χ4n) is 2.95. The van der Waals surface area contributed by atoms with Crippen LogP contribution in [0, 0.1) is 0 Å². The number of methoxy groups -OCH3 is 1. The van der Waals surface area contributed by atoms with Crippen molar-refractivity contribution in [1.82, 2.24) is 8.87 Å². The van der Waals surface area contributed by atoms with Gasteiger partial charge in [-0.3, -0.25) is 4.31 Å². The maximum atomic E-state index is 13.0. The Kier molecular flexibility index (Phi) is 3.76. The maximum absolute atomic E-state index is 13.0. The molecule has 7 nitrogen and oxygen atoms in total. The molecule has 0 saturated heterocycles.